The van der Waals surface area contributed by atoms with Crippen molar-refractivity contribution in [2.24, 2.45) is 5.73 Å². The molecule has 1 aliphatic carbocycles. The molecular formula is C25H27N3O4. The van der Waals surface area contributed by atoms with Crippen LogP contribution in [0.5, 0.6) is 11.5 Å². The maximum Gasteiger partial charge on any atom is 0.248 e. The first-order valence-electron chi connectivity index (χ1n) is 10.7. The number of anilines is 2. The monoisotopic (exact) mass is 433 g/mol. The Hall–Kier alpha value is -3.58. The van der Waals surface area contributed by atoms with E-state index in [1.54, 1.807) is 54.7 Å². The molecule has 1 saturated carbocycles. The van der Waals surface area contributed by atoms with Gasteiger partial charge in [-0.05, 0) is 62.1 Å². The molecule has 7 heteroatoms. The van der Waals surface area contributed by atoms with E-state index in [0.29, 0.717) is 34.0 Å². The summed E-state index contributed by atoms with van der Waals surface area (Å²) in [7, 11) is 1.61. The fourth-order valence-electron chi connectivity index (χ4n) is 4.01. The number of amides is 1. The van der Waals surface area contributed by atoms with Crippen LogP contribution in [-0.2, 0) is 0 Å². The number of rotatable bonds is 8. The Bertz CT molecular complexity index is 1070. The number of pyridine rings is 1. The van der Waals surface area contributed by atoms with E-state index in [1.165, 1.54) is 0 Å². The van der Waals surface area contributed by atoms with Gasteiger partial charge in [0.25, 0.3) is 0 Å². The van der Waals surface area contributed by atoms with Gasteiger partial charge in [-0.3, -0.25) is 9.78 Å². The zero-order chi connectivity index (χ0) is 22.5. The minimum absolute atomic E-state index is 0.147. The standard InChI is InChI=1S/C25H27N3O4/c1-31-22-12-11-20(15-23(22)32-21-9-2-3-10-21)28(25(30)18-7-5-13-27-16-18)19-8-4-6-17(14-19)24(26)29/h4-8,11-16,21,25,30H,2-3,9-10H2,1H3,(H2,26,29). The Kier molecular flexibility index (Phi) is 6.56. The van der Waals surface area contributed by atoms with Gasteiger partial charge in [-0.15, -0.1) is 0 Å². The van der Waals surface area contributed by atoms with Crippen LogP contribution < -0.4 is 20.1 Å². The smallest absolute Gasteiger partial charge is 0.248 e. The van der Waals surface area contributed by atoms with Crippen LogP contribution in [0.15, 0.2) is 67.0 Å². The van der Waals surface area contributed by atoms with E-state index in [1.807, 2.05) is 24.3 Å². The van der Waals surface area contributed by atoms with Gasteiger partial charge < -0.3 is 25.2 Å². The molecular weight excluding hydrogens is 406 g/mol. The van der Waals surface area contributed by atoms with Crippen LogP contribution >= 0.6 is 0 Å². The highest BCUT2D eigenvalue weighted by molar-refractivity contribution is 5.94. The molecule has 4 rings (SSSR count). The molecule has 1 fully saturated rings. The van der Waals surface area contributed by atoms with Crippen molar-refractivity contribution in [2.45, 2.75) is 38.0 Å². The van der Waals surface area contributed by atoms with Gasteiger partial charge in [0.2, 0.25) is 5.91 Å². The summed E-state index contributed by atoms with van der Waals surface area (Å²) in [5.41, 5.74) is 7.73. The highest BCUT2D eigenvalue weighted by Crippen LogP contribution is 2.40. The van der Waals surface area contributed by atoms with Crippen LogP contribution in [0.4, 0.5) is 11.4 Å². The molecule has 0 spiro atoms. The molecule has 7 nitrogen and oxygen atoms in total. The van der Waals surface area contributed by atoms with Crippen molar-refractivity contribution in [2.75, 3.05) is 12.0 Å². The van der Waals surface area contributed by atoms with Crippen molar-refractivity contribution in [3.63, 3.8) is 0 Å². The fourth-order valence-corrected chi connectivity index (χ4v) is 4.01. The molecule has 0 bridgehead atoms. The van der Waals surface area contributed by atoms with Crippen LogP contribution in [0.1, 0.15) is 47.8 Å². The maximum absolute atomic E-state index is 11.8. The van der Waals surface area contributed by atoms with Gasteiger partial charge in [0.05, 0.1) is 13.2 Å². The van der Waals surface area contributed by atoms with Crippen molar-refractivity contribution in [3.05, 3.63) is 78.1 Å². The summed E-state index contributed by atoms with van der Waals surface area (Å²) in [6.45, 7) is 0. The summed E-state index contributed by atoms with van der Waals surface area (Å²) < 4.78 is 11.8. The summed E-state index contributed by atoms with van der Waals surface area (Å²) >= 11 is 0. The number of benzene rings is 2. The van der Waals surface area contributed by atoms with E-state index in [9.17, 15) is 9.90 Å². The lowest BCUT2D eigenvalue weighted by Crippen LogP contribution is -2.24. The van der Waals surface area contributed by atoms with E-state index in [4.69, 9.17) is 15.2 Å². The lowest BCUT2D eigenvalue weighted by Gasteiger charge is -2.31. The number of aromatic nitrogens is 1. The quantitative estimate of drug-likeness (QED) is 0.513. The molecule has 3 N–H and O–H groups in total. The zero-order valence-corrected chi connectivity index (χ0v) is 18.0. The summed E-state index contributed by atoms with van der Waals surface area (Å²) in [6.07, 6.45) is 6.67. The van der Waals surface area contributed by atoms with Crippen LogP contribution in [-0.4, -0.2) is 29.2 Å². The number of hydrogen-bond acceptors (Lipinski definition) is 6. The summed E-state index contributed by atoms with van der Waals surface area (Å²) in [5.74, 6) is 0.705. The summed E-state index contributed by atoms with van der Waals surface area (Å²) in [6, 6.07) is 15.9. The molecule has 1 aliphatic rings. The molecule has 1 heterocycles. The Morgan fingerprint density at radius 2 is 1.88 bits per heavy atom. The maximum atomic E-state index is 11.8. The molecule has 3 aromatic rings. The van der Waals surface area contributed by atoms with Gasteiger partial charge in [0.15, 0.2) is 17.7 Å². The Labute approximate surface area is 187 Å². The van der Waals surface area contributed by atoms with Crippen molar-refractivity contribution < 1.29 is 19.4 Å². The van der Waals surface area contributed by atoms with Crippen molar-refractivity contribution >= 4 is 17.3 Å². The second-order valence-electron chi connectivity index (χ2n) is 7.80. The average Bonchev–Trinajstić information content (AvgIpc) is 3.33. The second kappa shape index (κ2) is 9.70. The number of primary amides is 1. The minimum Gasteiger partial charge on any atom is -0.493 e. The van der Waals surface area contributed by atoms with Gasteiger partial charge in [-0.1, -0.05) is 12.1 Å². The first-order chi connectivity index (χ1) is 15.6. The van der Waals surface area contributed by atoms with Crippen molar-refractivity contribution in [1.29, 1.82) is 0 Å². The summed E-state index contributed by atoms with van der Waals surface area (Å²) in [5, 5.41) is 11.3. The third-order valence-corrected chi connectivity index (χ3v) is 5.66. The number of hydrogen-bond donors (Lipinski definition) is 2. The summed E-state index contributed by atoms with van der Waals surface area (Å²) in [4.78, 5) is 17.6. The van der Waals surface area contributed by atoms with Gasteiger partial charge in [-0.25, -0.2) is 0 Å². The molecule has 2 aromatic carbocycles. The molecule has 1 aromatic heterocycles. The topological polar surface area (TPSA) is 97.9 Å². The van der Waals surface area contributed by atoms with E-state index >= 15 is 0 Å². The molecule has 0 aliphatic heterocycles. The number of carbonyl (C=O) groups excluding carboxylic acids is 1. The Morgan fingerprint density at radius 3 is 2.56 bits per heavy atom. The first-order valence-corrected chi connectivity index (χ1v) is 10.7. The minimum atomic E-state index is -1.06. The van der Waals surface area contributed by atoms with E-state index in [2.05, 4.69) is 4.98 Å². The predicted octanol–water partition coefficient (Wildman–Crippen LogP) is 4.34. The lowest BCUT2D eigenvalue weighted by atomic mass is 10.1. The Balaban J connectivity index is 1.79. The predicted molar refractivity (Wildman–Crippen MR) is 122 cm³/mol. The molecule has 166 valence electrons. The van der Waals surface area contributed by atoms with E-state index < -0.39 is 12.1 Å². The Morgan fingerprint density at radius 1 is 1.09 bits per heavy atom. The number of nitrogens with zero attached hydrogens (tertiary/aromatic N) is 2. The molecule has 32 heavy (non-hydrogen) atoms. The van der Waals surface area contributed by atoms with Crippen LogP contribution in [0, 0.1) is 0 Å². The SMILES string of the molecule is COc1ccc(N(c2cccc(C(N)=O)c2)C(O)c2cccnc2)cc1OC1CCCC1. The number of ether oxygens (including phenoxy) is 2. The van der Waals surface area contributed by atoms with Crippen molar-refractivity contribution in [3.8, 4) is 11.5 Å². The largest absolute Gasteiger partial charge is 0.493 e. The molecule has 1 amide bonds. The van der Waals surface area contributed by atoms with Gasteiger partial charge in [0, 0.05) is 41.0 Å². The highest BCUT2D eigenvalue weighted by atomic mass is 16.5. The van der Waals surface area contributed by atoms with Crippen molar-refractivity contribution in [1.82, 2.24) is 4.98 Å². The van der Waals surface area contributed by atoms with Crippen LogP contribution in [0.2, 0.25) is 0 Å². The van der Waals surface area contributed by atoms with Crippen LogP contribution in [0.25, 0.3) is 0 Å². The van der Waals surface area contributed by atoms with E-state index in [0.717, 1.165) is 25.7 Å². The fraction of sp³-hybridized carbons (Fsp3) is 0.280. The lowest BCUT2D eigenvalue weighted by molar-refractivity contribution is 0.1000. The van der Waals surface area contributed by atoms with E-state index in [-0.39, 0.29) is 6.10 Å². The number of aliphatic hydroxyl groups excluding tert-OH is 1. The molecule has 1 atom stereocenters. The van der Waals surface area contributed by atoms with Gasteiger partial charge in [0.1, 0.15) is 0 Å². The molecule has 0 saturated heterocycles. The molecule has 0 radical (unpaired) electrons. The number of methoxy groups -OCH3 is 1. The number of carbonyl (C=O) groups is 1. The number of aliphatic hydroxyl groups is 1. The normalized spacial score (nSPS) is 14.7. The first kappa shape index (κ1) is 21.6. The third-order valence-electron chi connectivity index (χ3n) is 5.66. The van der Waals surface area contributed by atoms with Gasteiger partial charge in [-0.2, -0.15) is 0 Å². The second-order valence-corrected chi connectivity index (χ2v) is 7.80. The number of nitrogens with two attached hydrogens (primary N) is 1. The van der Waals surface area contributed by atoms with Crippen LogP contribution in [0.3, 0.4) is 0 Å². The highest BCUT2D eigenvalue weighted by Gasteiger charge is 2.24. The third kappa shape index (κ3) is 4.68. The molecule has 1 unspecified atom stereocenters. The average molecular weight is 434 g/mol. The zero-order valence-electron chi connectivity index (χ0n) is 18.0. The van der Waals surface area contributed by atoms with Gasteiger partial charge >= 0.3 is 0 Å².